The fraction of sp³-hybridized carbons (Fsp3) is 0.217. The molecule has 0 N–H and O–H groups in total. The summed E-state index contributed by atoms with van der Waals surface area (Å²) in [6.45, 7) is 2.36. The molecule has 0 bridgehead atoms. The molecule has 2 aromatic carbocycles. The van der Waals surface area contributed by atoms with Crippen molar-refractivity contribution in [1.82, 2.24) is 0 Å². The molecule has 4 rings (SSSR count). The summed E-state index contributed by atoms with van der Waals surface area (Å²) in [7, 11) is 0. The summed E-state index contributed by atoms with van der Waals surface area (Å²) in [4.78, 5) is 0. The van der Waals surface area contributed by atoms with Crippen LogP contribution in [0.15, 0.2) is 82.2 Å². The van der Waals surface area contributed by atoms with Crippen molar-refractivity contribution in [3.8, 4) is 0 Å². The van der Waals surface area contributed by atoms with Crippen molar-refractivity contribution in [2.45, 2.75) is 23.9 Å². The minimum atomic E-state index is -4.59. The van der Waals surface area contributed by atoms with Gasteiger partial charge in [0.25, 0.3) is 0 Å². The van der Waals surface area contributed by atoms with Crippen LogP contribution in [0.5, 0.6) is 0 Å². The van der Waals surface area contributed by atoms with E-state index in [9.17, 15) is 0 Å². The number of benzene rings is 2. The zero-order chi connectivity index (χ0) is 17.9. The van der Waals surface area contributed by atoms with Crippen LogP contribution in [0.2, 0.25) is 13.9 Å². The molecule has 0 radical (unpaired) electrons. The molecular weight excluding hydrogens is 396 g/mol. The Kier molecular flexibility index (Phi) is 2.99. The topological polar surface area (TPSA) is 0 Å². The van der Waals surface area contributed by atoms with Crippen molar-refractivity contribution in [3.63, 3.8) is 0 Å². The molecule has 25 heavy (non-hydrogen) atoms. The van der Waals surface area contributed by atoms with Gasteiger partial charge in [-0.2, -0.15) is 0 Å². The van der Waals surface area contributed by atoms with E-state index >= 15 is 0 Å². The molecule has 0 spiro atoms. The molecule has 0 nitrogen and oxygen atoms in total. The van der Waals surface area contributed by atoms with E-state index < -0.39 is 14.4 Å². The minimum absolute atomic E-state index is 0.444. The molecule has 0 aromatic heterocycles. The fourth-order valence-electron chi connectivity index (χ4n) is 5.57. The molecule has 1 unspecified atom stereocenters. The Morgan fingerprint density at radius 1 is 0.920 bits per heavy atom. The second-order valence-corrected chi connectivity index (χ2v) is 63.7. The Labute approximate surface area is 147 Å². The molecule has 0 saturated heterocycles. The van der Waals surface area contributed by atoms with Crippen LogP contribution in [0.1, 0.15) is 21.2 Å². The van der Waals surface area contributed by atoms with E-state index in [1.165, 1.54) is 11.1 Å². The van der Waals surface area contributed by atoms with Gasteiger partial charge in [0.1, 0.15) is 0 Å². The molecule has 2 aliphatic rings. The first-order chi connectivity index (χ1) is 11.6. The summed E-state index contributed by atoms with van der Waals surface area (Å²) in [6, 6.07) is 20.3. The van der Waals surface area contributed by atoms with E-state index in [0.717, 1.165) is 6.42 Å². The summed E-state index contributed by atoms with van der Waals surface area (Å²) in [5.74, 6) is 0. The van der Waals surface area contributed by atoms with Crippen LogP contribution >= 0.6 is 0 Å². The third-order valence-electron chi connectivity index (χ3n) is 7.73. The van der Waals surface area contributed by atoms with Gasteiger partial charge in [0, 0.05) is 0 Å². The number of rotatable bonds is 3. The van der Waals surface area contributed by atoms with E-state index in [2.05, 4.69) is 106 Å². The Bertz CT molecular complexity index is 1090. The van der Waals surface area contributed by atoms with Gasteiger partial charge in [-0.3, -0.25) is 0 Å². The zero-order valence-corrected chi connectivity index (χ0v) is 19.4. The standard InChI is InChI=1S/C9H7.C6H5.C5H5.3CH3.H2Si.Zr/c1-2-5-9-7-3-6-8(9)4-1;1-2-4-6-5-3-1;1-2-4-5-3-1;;;;;/h1-7H;1-5H;1-3H,4H2;3*1H3;1H2;. The zero-order valence-electron chi connectivity index (χ0n) is 15.6. The molecule has 2 aromatic rings. The van der Waals surface area contributed by atoms with Crippen LogP contribution in [-0.4, -0.2) is 6.88 Å². The maximum atomic E-state index is 2.67. The molecule has 1 atom stereocenters. The van der Waals surface area contributed by atoms with Gasteiger partial charge in [0.15, 0.2) is 0 Å². The van der Waals surface area contributed by atoms with Crippen molar-refractivity contribution < 1.29 is 14.4 Å². The molecule has 2 heteroatoms. The van der Waals surface area contributed by atoms with E-state index in [0.29, 0.717) is 3.63 Å². The van der Waals surface area contributed by atoms with Gasteiger partial charge in [0.05, 0.1) is 0 Å². The first-order valence-corrected chi connectivity index (χ1v) is 26.5. The van der Waals surface area contributed by atoms with Crippen LogP contribution in [0.4, 0.5) is 0 Å². The second-order valence-electron chi connectivity index (χ2n) is 11.1. The van der Waals surface area contributed by atoms with Gasteiger partial charge < -0.3 is 0 Å². The summed E-state index contributed by atoms with van der Waals surface area (Å²) in [5, 5.41) is 0. The second kappa shape index (κ2) is 4.35. The summed E-state index contributed by atoms with van der Waals surface area (Å²) in [5.41, 5.74) is 2.89. The molecular formula is C23H28SiZr. The average molecular weight is 424 g/mol. The van der Waals surface area contributed by atoms with Crippen molar-refractivity contribution >= 4 is 16.2 Å². The Balaban J connectivity index is 2.18. The van der Waals surface area contributed by atoms with Crippen LogP contribution in [0.3, 0.4) is 0 Å². The number of hydrogen-bond donors (Lipinski definition) is 0. The van der Waals surface area contributed by atoms with Crippen molar-refractivity contribution in [1.29, 1.82) is 0 Å². The van der Waals surface area contributed by atoms with E-state index in [4.69, 9.17) is 0 Å². The van der Waals surface area contributed by atoms with Crippen LogP contribution < -0.4 is 3.27 Å². The summed E-state index contributed by atoms with van der Waals surface area (Å²) >= 11 is -4.59. The van der Waals surface area contributed by atoms with E-state index in [1.54, 1.807) is 6.55 Å². The normalized spacial score (nSPS) is 23.2. The monoisotopic (exact) mass is 422 g/mol. The van der Waals surface area contributed by atoms with Crippen LogP contribution in [0.25, 0.3) is 6.08 Å². The molecule has 0 heterocycles. The quantitative estimate of drug-likeness (QED) is 0.582. The van der Waals surface area contributed by atoms with Gasteiger partial charge in [-0.15, -0.1) is 0 Å². The van der Waals surface area contributed by atoms with Crippen LogP contribution in [-0.2, 0) is 14.4 Å². The van der Waals surface area contributed by atoms with E-state index in [-0.39, 0.29) is 0 Å². The van der Waals surface area contributed by atoms with Gasteiger partial charge in [-0.05, 0) is 0 Å². The van der Waals surface area contributed by atoms with Crippen molar-refractivity contribution in [2.75, 3.05) is 0 Å². The van der Waals surface area contributed by atoms with Gasteiger partial charge in [-0.1, -0.05) is 0 Å². The number of hydrogen-bond acceptors (Lipinski definition) is 0. The molecule has 128 valence electrons. The van der Waals surface area contributed by atoms with Crippen molar-refractivity contribution in [3.05, 3.63) is 93.3 Å². The molecule has 0 aliphatic heterocycles. The Morgan fingerprint density at radius 2 is 1.60 bits per heavy atom. The summed E-state index contributed by atoms with van der Waals surface area (Å²) < 4.78 is 11.7. The van der Waals surface area contributed by atoms with E-state index in [1.807, 2.05) is 0 Å². The van der Waals surface area contributed by atoms with Crippen LogP contribution in [0, 0.1) is 0 Å². The Hall–Kier alpha value is -1.24. The first-order valence-electron chi connectivity index (χ1n) is 9.34. The van der Waals surface area contributed by atoms with Gasteiger partial charge in [-0.25, -0.2) is 0 Å². The predicted molar refractivity (Wildman–Crippen MR) is 112 cm³/mol. The van der Waals surface area contributed by atoms with Gasteiger partial charge >= 0.3 is 148 Å². The number of fused-ring (bicyclic) bond motifs is 1. The number of allylic oxidation sites excluding steroid dienone is 5. The third-order valence-corrected chi connectivity index (χ3v) is 39.9. The molecule has 0 amide bonds. The van der Waals surface area contributed by atoms with Gasteiger partial charge in [0.2, 0.25) is 0 Å². The third kappa shape index (κ3) is 2.02. The summed E-state index contributed by atoms with van der Waals surface area (Å²) in [6.07, 6.45) is 13.0. The van der Waals surface area contributed by atoms with Crippen molar-refractivity contribution in [2.24, 2.45) is 0 Å². The average Bonchev–Trinajstić information content (AvgIpc) is 3.27. The maximum absolute atomic E-state index is 4.59. The molecule has 0 fully saturated rings. The molecule has 0 saturated carbocycles. The predicted octanol–water partition coefficient (Wildman–Crippen LogP) is 5.38. The molecule has 2 aliphatic carbocycles. The first kappa shape index (κ1) is 17.2. The SMILES string of the molecule is [CH3][Zr]([CH3])([CH3])(=[SiH2])([C]1=CC=CC1)([c]1ccccc1)[CH]1C=Cc2ccccc21. The Morgan fingerprint density at radius 3 is 2.28 bits per heavy atom. The fourth-order valence-corrected chi connectivity index (χ4v) is 29.4.